The molecule has 0 aliphatic carbocycles. The van der Waals surface area contributed by atoms with E-state index in [0.717, 1.165) is 5.75 Å². The second-order valence-electron chi connectivity index (χ2n) is 2.68. The second-order valence-corrected chi connectivity index (χ2v) is 2.68. The van der Waals surface area contributed by atoms with Crippen LogP contribution in [0.25, 0.3) is 0 Å². The van der Waals surface area contributed by atoms with Gasteiger partial charge in [-0.05, 0) is 24.3 Å². The van der Waals surface area contributed by atoms with Crippen LogP contribution in [0.4, 0.5) is 0 Å². The molecule has 0 unspecified atom stereocenters. The van der Waals surface area contributed by atoms with Crippen molar-refractivity contribution in [3.05, 3.63) is 36.4 Å². The summed E-state index contributed by atoms with van der Waals surface area (Å²) in [5, 5.41) is 8.45. The summed E-state index contributed by atoms with van der Waals surface area (Å²) < 4.78 is 10.3. The molecule has 3 nitrogen and oxygen atoms in total. The highest BCUT2D eigenvalue weighted by molar-refractivity contribution is 5.31. The zero-order valence-electron chi connectivity index (χ0n) is 7.99. The number of hydrogen-bond acceptors (Lipinski definition) is 3. The SMILES string of the molecule is C=C(C#N)COc1ccc(OC)cc1. The Labute approximate surface area is 83.2 Å². The standard InChI is InChI=1S/C11H11NO2/c1-9(7-12)8-14-11-5-3-10(13-2)4-6-11/h3-6H,1,8H2,2H3. The zero-order valence-corrected chi connectivity index (χ0v) is 7.99. The molecule has 0 amide bonds. The first-order valence-electron chi connectivity index (χ1n) is 4.11. The normalized spacial score (nSPS) is 8.86. The van der Waals surface area contributed by atoms with Crippen molar-refractivity contribution >= 4 is 0 Å². The lowest BCUT2D eigenvalue weighted by Crippen LogP contribution is -1.98. The van der Waals surface area contributed by atoms with Gasteiger partial charge in [0.15, 0.2) is 0 Å². The first-order chi connectivity index (χ1) is 6.76. The molecule has 0 radical (unpaired) electrons. The molecule has 0 bridgehead atoms. The van der Waals surface area contributed by atoms with Gasteiger partial charge in [0.25, 0.3) is 0 Å². The van der Waals surface area contributed by atoms with Gasteiger partial charge in [-0.25, -0.2) is 0 Å². The average molecular weight is 189 g/mol. The number of nitriles is 1. The Morgan fingerprint density at radius 1 is 1.36 bits per heavy atom. The molecule has 0 saturated carbocycles. The lowest BCUT2D eigenvalue weighted by molar-refractivity contribution is 0.355. The minimum absolute atomic E-state index is 0.225. The van der Waals surface area contributed by atoms with Crippen LogP contribution in [-0.4, -0.2) is 13.7 Å². The lowest BCUT2D eigenvalue weighted by atomic mass is 10.3. The van der Waals surface area contributed by atoms with E-state index in [1.165, 1.54) is 0 Å². The number of benzene rings is 1. The molecule has 72 valence electrons. The predicted octanol–water partition coefficient (Wildman–Crippen LogP) is 2.15. The molecule has 0 aromatic heterocycles. The van der Waals surface area contributed by atoms with E-state index in [0.29, 0.717) is 11.3 Å². The summed E-state index contributed by atoms with van der Waals surface area (Å²) in [5.41, 5.74) is 0.404. The maximum atomic E-state index is 8.45. The predicted molar refractivity (Wildman–Crippen MR) is 53.2 cm³/mol. The minimum Gasteiger partial charge on any atom is -0.497 e. The molecule has 0 heterocycles. The van der Waals surface area contributed by atoms with Gasteiger partial charge in [0.2, 0.25) is 0 Å². The van der Waals surface area contributed by atoms with Gasteiger partial charge in [-0.1, -0.05) is 6.58 Å². The summed E-state index contributed by atoms with van der Waals surface area (Å²) in [6.07, 6.45) is 0. The number of nitrogens with zero attached hydrogens (tertiary/aromatic N) is 1. The van der Waals surface area contributed by atoms with Crippen molar-refractivity contribution in [2.75, 3.05) is 13.7 Å². The summed E-state index contributed by atoms with van der Waals surface area (Å²) in [6, 6.07) is 9.07. The molecule has 3 heteroatoms. The number of methoxy groups -OCH3 is 1. The second kappa shape index (κ2) is 4.93. The van der Waals surface area contributed by atoms with Crippen LogP contribution in [0.5, 0.6) is 11.5 Å². The Balaban J connectivity index is 2.53. The Morgan fingerprint density at radius 2 is 1.93 bits per heavy atom. The van der Waals surface area contributed by atoms with E-state index in [-0.39, 0.29) is 6.61 Å². The Kier molecular flexibility index (Phi) is 3.57. The monoisotopic (exact) mass is 189 g/mol. The largest absolute Gasteiger partial charge is 0.497 e. The van der Waals surface area contributed by atoms with Crippen molar-refractivity contribution in [2.45, 2.75) is 0 Å². The van der Waals surface area contributed by atoms with Crippen molar-refractivity contribution in [3.63, 3.8) is 0 Å². The van der Waals surface area contributed by atoms with Crippen molar-refractivity contribution in [1.82, 2.24) is 0 Å². The first kappa shape index (κ1) is 10.1. The highest BCUT2D eigenvalue weighted by atomic mass is 16.5. The highest BCUT2D eigenvalue weighted by Crippen LogP contribution is 2.17. The third-order valence-electron chi connectivity index (χ3n) is 1.63. The molecule has 1 aromatic carbocycles. The van der Waals surface area contributed by atoms with Crippen molar-refractivity contribution < 1.29 is 9.47 Å². The van der Waals surface area contributed by atoms with Crippen LogP contribution in [-0.2, 0) is 0 Å². The quantitative estimate of drug-likeness (QED) is 0.681. The van der Waals surface area contributed by atoms with Gasteiger partial charge in [-0.3, -0.25) is 0 Å². The number of rotatable bonds is 4. The van der Waals surface area contributed by atoms with Crippen LogP contribution in [0.1, 0.15) is 0 Å². The fourth-order valence-electron chi connectivity index (χ4n) is 0.875. The van der Waals surface area contributed by atoms with Gasteiger partial charge in [0, 0.05) is 0 Å². The summed E-state index contributed by atoms with van der Waals surface area (Å²) in [5.74, 6) is 1.47. The molecule has 0 N–H and O–H groups in total. The molecule has 1 rings (SSSR count). The van der Waals surface area contributed by atoms with Crippen LogP contribution in [0.3, 0.4) is 0 Å². The van der Waals surface area contributed by atoms with E-state index in [1.54, 1.807) is 31.4 Å². The fourth-order valence-corrected chi connectivity index (χ4v) is 0.875. The third-order valence-corrected chi connectivity index (χ3v) is 1.63. The summed E-state index contributed by atoms with van der Waals surface area (Å²) in [7, 11) is 1.60. The fraction of sp³-hybridized carbons (Fsp3) is 0.182. The molecular weight excluding hydrogens is 178 g/mol. The molecule has 0 atom stereocenters. The maximum absolute atomic E-state index is 8.45. The molecule has 0 aliphatic rings. The molecule has 0 aliphatic heterocycles. The lowest BCUT2D eigenvalue weighted by Gasteiger charge is -2.05. The van der Waals surface area contributed by atoms with Crippen LogP contribution in [0.2, 0.25) is 0 Å². The van der Waals surface area contributed by atoms with Crippen LogP contribution in [0.15, 0.2) is 36.4 Å². The summed E-state index contributed by atoms with van der Waals surface area (Å²) >= 11 is 0. The minimum atomic E-state index is 0.225. The van der Waals surface area contributed by atoms with E-state index in [1.807, 2.05) is 6.07 Å². The van der Waals surface area contributed by atoms with Gasteiger partial charge in [-0.15, -0.1) is 0 Å². The van der Waals surface area contributed by atoms with Gasteiger partial charge >= 0.3 is 0 Å². The zero-order chi connectivity index (χ0) is 10.4. The van der Waals surface area contributed by atoms with Gasteiger partial charge < -0.3 is 9.47 Å². The van der Waals surface area contributed by atoms with E-state index in [9.17, 15) is 0 Å². The molecule has 0 spiro atoms. The van der Waals surface area contributed by atoms with Crippen LogP contribution >= 0.6 is 0 Å². The van der Waals surface area contributed by atoms with E-state index < -0.39 is 0 Å². The highest BCUT2D eigenvalue weighted by Gasteiger charge is 1.96. The Bertz CT molecular complexity index is 349. The van der Waals surface area contributed by atoms with Crippen LogP contribution < -0.4 is 9.47 Å². The van der Waals surface area contributed by atoms with Crippen LogP contribution in [0, 0.1) is 11.3 Å². The van der Waals surface area contributed by atoms with Gasteiger partial charge in [0.05, 0.1) is 18.8 Å². The smallest absolute Gasteiger partial charge is 0.123 e. The van der Waals surface area contributed by atoms with Crippen molar-refractivity contribution in [2.24, 2.45) is 0 Å². The Morgan fingerprint density at radius 3 is 2.43 bits per heavy atom. The van der Waals surface area contributed by atoms with Gasteiger partial charge in [-0.2, -0.15) is 5.26 Å². The topological polar surface area (TPSA) is 42.2 Å². The van der Waals surface area contributed by atoms with Crippen molar-refractivity contribution in [3.8, 4) is 17.6 Å². The summed E-state index contributed by atoms with van der Waals surface area (Å²) in [6.45, 7) is 3.74. The first-order valence-corrected chi connectivity index (χ1v) is 4.11. The molecule has 1 aromatic rings. The molecule has 0 fully saturated rings. The molecular formula is C11H11NO2. The Hall–Kier alpha value is -1.95. The van der Waals surface area contributed by atoms with Gasteiger partial charge in [0.1, 0.15) is 18.1 Å². The third kappa shape index (κ3) is 2.83. The maximum Gasteiger partial charge on any atom is 0.123 e. The number of ether oxygens (including phenoxy) is 2. The van der Waals surface area contributed by atoms with E-state index in [2.05, 4.69) is 6.58 Å². The number of hydrogen-bond donors (Lipinski definition) is 0. The van der Waals surface area contributed by atoms with Crippen molar-refractivity contribution in [1.29, 1.82) is 5.26 Å². The van der Waals surface area contributed by atoms with E-state index >= 15 is 0 Å². The molecule has 0 saturated heterocycles. The van der Waals surface area contributed by atoms with E-state index in [4.69, 9.17) is 14.7 Å². The molecule has 14 heavy (non-hydrogen) atoms. The summed E-state index contributed by atoms with van der Waals surface area (Å²) in [4.78, 5) is 0. The average Bonchev–Trinajstić information content (AvgIpc) is 2.26.